The van der Waals surface area contributed by atoms with Crippen molar-refractivity contribution in [3.05, 3.63) is 35.9 Å². The lowest BCUT2D eigenvalue weighted by molar-refractivity contribution is -0.143. The van der Waals surface area contributed by atoms with Crippen LogP contribution in [0.5, 0.6) is 0 Å². The summed E-state index contributed by atoms with van der Waals surface area (Å²) in [7, 11) is -4.40. The topological polar surface area (TPSA) is 187 Å². The number of nitrogens with one attached hydrogen (secondary N) is 1. The van der Waals surface area contributed by atoms with Crippen molar-refractivity contribution in [3.63, 3.8) is 0 Å². The standard InChI is InChI=1S/C21H32NO6P.C3H7NO2/c23-20(22-19(21(24)25)14-17-10-5-2-6-11-17)18(15-29(26,27)28)13-7-12-16-8-3-1-4-9-16;4-2-1-3(5)6/h1,3-4,8-9,17-19H,2,5-7,10-15H2,(H,22,23)(H,24,25)(H2,26,27,28);1-2,4H2,(H,5,6)/t18?,19-;/m0./s1. The molecule has 11 heteroatoms. The number of hydrogen-bond donors (Lipinski definition) is 6. The first-order chi connectivity index (χ1) is 16.5. The van der Waals surface area contributed by atoms with E-state index in [4.69, 9.17) is 10.8 Å². The Kier molecular flexibility index (Phi) is 14.4. The molecule has 1 unspecified atom stereocenters. The fourth-order valence-corrected chi connectivity index (χ4v) is 5.10. The van der Waals surface area contributed by atoms with Crippen LogP contribution in [0.3, 0.4) is 0 Å². The van der Waals surface area contributed by atoms with Crippen LogP contribution in [0.25, 0.3) is 0 Å². The molecule has 2 atom stereocenters. The lowest BCUT2D eigenvalue weighted by Crippen LogP contribution is -2.45. The number of carboxylic acid groups (broad SMARTS) is 2. The second kappa shape index (κ2) is 16.4. The van der Waals surface area contributed by atoms with E-state index in [1.807, 2.05) is 30.3 Å². The summed E-state index contributed by atoms with van der Waals surface area (Å²) in [5.41, 5.74) is 5.94. The summed E-state index contributed by atoms with van der Waals surface area (Å²) >= 11 is 0. The van der Waals surface area contributed by atoms with Gasteiger partial charge in [-0.05, 0) is 37.2 Å². The zero-order valence-electron chi connectivity index (χ0n) is 20.1. The molecule has 1 aromatic carbocycles. The van der Waals surface area contributed by atoms with Crippen molar-refractivity contribution in [1.29, 1.82) is 0 Å². The van der Waals surface area contributed by atoms with E-state index in [-0.39, 0.29) is 18.9 Å². The quantitative estimate of drug-likeness (QED) is 0.215. The van der Waals surface area contributed by atoms with E-state index in [1.54, 1.807) is 0 Å². The number of aliphatic carboxylic acids is 2. The maximum absolute atomic E-state index is 12.7. The Morgan fingerprint density at radius 1 is 1.06 bits per heavy atom. The molecule has 1 saturated carbocycles. The number of amides is 1. The average Bonchev–Trinajstić information content (AvgIpc) is 2.79. The van der Waals surface area contributed by atoms with Gasteiger partial charge in [0.2, 0.25) is 5.91 Å². The summed E-state index contributed by atoms with van der Waals surface area (Å²) in [5, 5.41) is 19.9. The first-order valence-electron chi connectivity index (χ1n) is 12.0. The Balaban J connectivity index is 0.000000905. The third kappa shape index (κ3) is 14.7. The molecule has 10 nitrogen and oxygen atoms in total. The van der Waals surface area contributed by atoms with Gasteiger partial charge < -0.3 is 31.1 Å². The fourth-order valence-electron chi connectivity index (χ4n) is 4.18. The molecule has 7 N–H and O–H groups in total. The van der Waals surface area contributed by atoms with Gasteiger partial charge in [-0.3, -0.25) is 14.2 Å². The van der Waals surface area contributed by atoms with Gasteiger partial charge in [0.15, 0.2) is 0 Å². The highest BCUT2D eigenvalue weighted by molar-refractivity contribution is 7.51. The normalized spacial score (nSPS) is 15.9. The van der Waals surface area contributed by atoms with Crippen LogP contribution in [0.4, 0.5) is 0 Å². The lowest BCUT2D eigenvalue weighted by atomic mass is 9.84. The highest BCUT2D eigenvalue weighted by atomic mass is 31.2. The summed E-state index contributed by atoms with van der Waals surface area (Å²) in [6, 6.07) is 8.64. The number of rotatable bonds is 13. The first kappa shape index (κ1) is 30.8. The molecule has 0 aliphatic heterocycles. The molecular weight excluding hydrogens is 475 g/mol. The molecule has 0 radical (unpaired) electrons. The van der Waals surface area contributed by atoms with Crippen LogP contribution in [0.1, 0.15) is 63.4 Å². The average molecular weight is 515 g/mol. The molecule has 0 bridgehead atoms. The van der Waals surface area contributed by atoms with Crippen LogP contribution >= 0.6 is 7.60 Å². The van der Waals surface area contributed by atoms with Crippen molar-refractivity contribution in [3.8, 4) is 0 Å². The second-order valence-corrected chi connectivity index (χ2v) is 10.7. The van der Waals surface area contributed by atoms with E-state index in [0.717, 1.165) is 37.7 Å². The summed E-state index contributed by atoms with van der Waals surface area (Å²) in [6.45, 7) is 0.231. The molecular formula is C24H39N2O8P. The third-order valence-corrected chi connectivity index (χ3v) is 6.87. The maximum Gasteiger partial charge on any atom is 0.326 e. The van der Waals surface area contributed by atoms with E-state index in [1.165, 1.54) is 0 Å². The molecule has 1 fully saturated rings. The fraction of sp³-hybridized carbons (Fsp3) is 0.625. The van der Waals surface area contributed by atoms with Crippen molar-refractivity contribution in [2.24, 2.45) is 17.6 Å². The lowest BCUT2D eigenvalue weighted by Gasteiger charge is -2.26. The molecule has 1 aromatic rings. The second-order valence-electron chi connectivity index (χ2n) is 8.99. The van der Waals surface area contributed by atoms with Crippen molar-refractivity contribution in [2.75, 3.05) is 12.7 Å². The van der Waals surface area contributed by atoms with Gasteiger partial charge in [0.25, 0.3) is 0 Å². The molecule has 0 heterocycles. The Labute approximate surface area is 206 Å². The Morgan fingerprint density at radius 3 is 2.17 bits per heavy atom. The molecule has 1 aliphatic carbocycles. The molecule has 2 rings (SSSR count). The van der Waals surface area contributed by atoms with Gasteiger partial charge in [-0.25, -0.2) is 4.79 Å². The molecule has 0 saturated heterocycles. The highest BCUT2D eigenvalue weighted by Crippen LogP contribution is 2.38. The van der Waals surface area contributed by atoms with E-state index < -0.39 is 43.6 Å². The zero-order valence-corrected chi connectivity index (χ0v) is 20.9. The molecule has 0 spiro atoms. The van der Waals surface area contributed by atoms with E-state index >= 15 is 0 Å². The number of carbonyl (C=O) groups is 3. The summed E-state index contributed by atoms with van der Waals surface area (Å²) in [5.74, 6) is -3.15. The Bertz CT molecular complexity index is 824. The SMILES string of the molecule is NCCC(=O)O.O=C(N[C@@H](CC1CCCCC1)C(=O)O)C(CCCc1ccccc1)CP(=O)(O)O. The van der Waals surface area contributed by atoms with Gasteiger partial charge in [0.05, 0.1) is 12.6 Å². The number of hydrogen-bond acceptors (Lipinski definition) is 5. The first-order valence-corrected chi connectivity index (χ1v) is 13.8. The minimum Gasteiger partial charge on any atom is -0.481 e. The minimum absolute atomic E-state index is 0.0694. The third-order valence-electron chi connectivity index (χ3n) is 5.96. The maximum atomic E-state index is 12.7. The van der Waals surface area contributed by atoms with Gasteiger partial charge >= 0.3 is 19.5 Å². The van der Waals surface area contributed by atoms with Gasteiger partial charge in [-0.15, -0.1) is 0 Å². The van der Waals surface area contributed by atoms with Crippen LogP contribution in [0.2, 0.25) is 0 Å². The predicted molar refractivity (Wildman–Crippen MR) is 132 cm³/mol. The van der Waals surface area contributed by atoms with Crippen LogP contribution in [-0.2, 0) is 25.4 Å². The van der Waals surface area contributed by atoms with E-state index in [0.29, 0.717) is 25.7 Å². The smallest absolute Gasteiger partial charge is 0.326 e. The van der Waals surface area contributed by atoms with Crippen LogP contribution in [0.15, 0.2) is 30.3 Å². The number of nitrogens with two attached hydrogens (primary N) is 1. The van der Waals surface area contributed by atoms with Crippen molar-refractivity contribution in [1.82, 2.24) is 5.32 Å². The molecule has 198 valence electrons. The van der Waals surface area contributed by atoms with Gasteiger partial charge in [-0.2, -0.15) is 0 Å². The molecule has 35 heavy (non-hydrogen) atoms. The van der Waals surface area contributed by atoms with Crippen molar-refractivity contribution >= 4 is 25.4 Å². The zero-order chi connectivity index (χ0) is 26.3. The van der Waals surface area contributed by atoms with Gasteiger partial charge in [0, 0.05) is 12.5 Å². The van der Waals surface area contributed by atoms with E-state index in [2.05, 4.69) is 5.32 Å². The number of aryl methyl sites for hydroxylation is 1. The number of benzene rings is 1. The number of carbonyl (C=O) groups excluding carboxylic acids is 1. The van der Waals surface area contributed by atoms with Gasteiger partial charge in [0.1, 0.15) is 6.04 Å². The van der Waals surface area contributed by atoms with Gasteiger partial charge in [-0.1, -0.05) is 62.4 Å². The summed E-state index contributed by atoms with van der Waals surface area (Å²) in [4.78, 5) is 52.6. The van der Waals surface area contributed by atoms with Crippen LogP contribution in [-0.4, -0.2) is 56.6 Å². The number of carboxylic acids is 2. The monoisotopic (exact) mass is 514 g/mol. The van der Waals surface area contributed by atoms with Crippen molar-refractivity contribution in [2.45, 2.75) is 70.3 Å². The highest BCUT2D eigenvalue weighted by Gasteiger charge is 2.31. The van der Waals surface area contributed by atoms with Crippen LogP contribution < -0.4 is 11.1 Å². The Morgan fingerprint density at radius 2 is 1.69 bits per heavy atom. The van der Waals surface area contributed by atoms with Crippen LogP contribution in [0, 0.1) is 11.8 Å². The van der Waals surface area contributed by atoms with E-state index in [9.17, 15) is 33.8 Å². The molecule has 0 aromatic heterocycles. The molecule has 1 aliphatic rings. The summed E-state index contributed by atoms with van der Waals surface area (Å²) in [6.07, 6.45) is 6.67. The largest absolute Gasteiger partial charge is 0.481 e. The predicted octanol–water partition coefficient (Wildman–Crippen LogP) is 2.76. The Hall–Kier alpha value is -2.26. The molecule has 1 amide bonds. The summed E-state index contributed by atoms with van der Waals surface area (Å²) < 4.78 is 11.5. The van der Waals surface area contributed by atoms with Crippen molar-refractivity contribution < 1.29 is 38.9 Å². The minimum atomic E-state index is -4.40.